The van der Waals surface area contributed by atoms with Crippen molar-refractivity contribution in [2.45, 2.75) is 129 Å². The van der Waals surface area contributed by atoms with E-state index in [1.807, 2.05) is 6.92 Å². The number of phenols is 2. The Morgan fingerprint density at radius 2 is 1.70 bits per heavy atom. The van der Waals surface area contributed by atoms with Crippen molar-refractivity contribution >= 4 is 17.8 Å². The van der Waals surface area contributed by atoms with Gasteiger partial charge in [0.05, 0.1) is 6.10 Å². The number of aliphatic hydroxyl groups excluding tert-OH is 1. The number of amides is 2. The molecule has 6 atom stereocenters. The molecule has 6 unspecified atom stereocenters. The summed E-state index contributed by atoms with van der Waals surface area (Å²) in [6.45, 7) is 9.27. The summed E-state index contributed by atoms with van der Waals surface area (Å²) in [6.07, 6.45) is 8.03. The third-order valence-electron chi connectivity index (χ3n) is 10.7. The average molecular weight is 601 g/mol. The Balaban J connectivity index is 1.44. The Kier molecular flexibility index (Phi) is 11.0. The van der Waals surface area contributed by atoms with E-state index in [-0.39, 0.29) is 47.2 Å². The number of esters is 1. The molecule has 2 saturated carbocycles. The van der Waals surface area contributed by atoms with Gasteiger partial charge in [-0.1, -0.05) is 46.1 Å². The zero-order valence-corrected chi connectivity index (χ0v) is 26.4. The fourth-order valence-electron chi connectivity index (χ4n) is 7.47. The molecule has 1 aliphatic heterocycles. The van der Waals surface area contributed by atoms with Gasteiger partial charge in [0, 0.05) is 13.0 Å². The molecule has 1 aromatic rings. The molecule has 0 spiro atoms. The summed E-state index contributed by atoms with van der Waals surface area (Å²) in [4.78, 5) is 42.5. The number of rotatable bonds is 10. The highest BCUT2D eigenvalue weighted by Crippen LogP contribution is 2.49. The van der Waals surface area contributed by atoms with Gasteiger partial charge in [-0.2, -0.15) is 0 Å². The SMILES string of the molecule is CC(CC1CCC(C)C1(C)C)OC(=O)C1CCCCN1C(=O)C(NC(=O)C(O)Cc1ccc(O)c(O)c1)C1CCCCC1. The number of phenolic OH excluding ortho intramolecular Hbond substituents is 2. The molecular formula is C34H52N2O7. The first-order valence-electron chi connectivity index (χ1n) is 16.4. The number of likely N-dealkylation sites (tertiary alicyclic amines) is 1. The zero-order chi connectivity index (χ0) is 31.3. The summed E-state index contributed by atoms with van der Waals surface area (Å²) in [5.74, 6) is -0.914. The third-order valence-corrected chi connectivity index (χ3v) is 10.7. The Labute approximate surface area is 256 Å². The molecule has 0 bridgehead atoms. The number of nitrogens with zero attached hydrogens (tertiary/aromatic N) is 1. The standard InChI is InChI=1S/C34H52N2O7/c1-21-13-15-25(34(21,3)4)18-22(2)43-33(42)26-12-8-9-17-36(26)32(41)30(24-10-6-5-7-11-24)35-31(40)29(39)20-23-14-16-27(37)28(38)19-23/h14,16,19,21-22,24-26,29-30,37-39H,5-13,15,17-18,20H2,1-4H3,(H,35,40). The van der Waals surface area contributed by atoms with Crippen molar-refractivity contribution in [3.05, 3.63) is 23.8 Å². The van der Waals surface area contributed by atoms with E-state index in [1.54, 1.807) is 4.90 Å². The molecule has 1 saturated heterocycles. The molecule has 9 heteroatoms. The lowest BCUT2D eigenvalue weighted by Gasteiger charge is -2.40. The zero-order valence-electron chi connectivity index (χ0n) is 26.4. The summed E-state index contributed by atoms with van der Waals surface area (Å²) in [5.41, 5.74) is 0.675. The monoisotopic (exact) mass is 600 g/mol. The molecule has 1 aromatic carbocycles. The molecule has 2 aliphatic carbocycles. The van der Waals surface area contributed by atoms with Crippen LogP contribution in [0.2, 0.25) is 0 Å². The number of hydrogen-bond donors (Lipinski definition) is 4. The van der Waals surface area contributed by atoms with Crippen molar-refractivity contribution < 1.29 is 34.4 Å². The van der Waals surface area contributed by atoms with Gasteiger partial charge in [-0.25, -0.2) is 4.79 Å². The van der Waals surface area contributed by atoms with Gasteiger partial charge in [0.2, 0.25) is 11.8 Å². The lowest BCUT2D eigenvalue weighted by molar-refractivity contribution is -0.163. The second-order valence-corrected chi connectivity index (χ2v) is 14.0. The van der Waals surface area contributed by atoms with Crippen LogP contribution in [0.5, 0.6) is 11.5 Å². The van der Waals surface area contributed by atoms with E-state index in [2.05, 4.69) is 26.1 Å². The molecule has 0 radical (unpaired) electrons. The van der Waals surface area contributed by atoms with Crippen molar-refractivity contribution in [3.63, 3.8) is 0 Å². The number of aromatic hydroxyl groups is 2. The van der Waals surface area contributed by atoms with Crippen LogP contribution >= 0.6 is 0 Å². The van der Waals surface area contributed by atoms with Crippen molar-refractivity contribution in [2.75, 3.05) is 6.54 Å². The number of ether oxygens (including phenoxy) is 1. The fourth-order valence-corrected chi connectivity index (χ4v) is 7.47. The average Bonchev–Trinajstić information content (AvgIpc) is 3.24. The molecule has 3 aliphatic rings. The molecule has 9 nitrogen and oxygen atoms in total. The lowest BCUT2D eigenvalue weighted by atomic mass is 9.74. The highest BCUT2D eigenvalue weighted by atomic mass is 16.5. The second-order valence-electron chi connectivity index (χ2n) is 14.0. The van der Waals surface area contributed by atoms with Crippen LogP contribution in [0.4, 0.5) is 0 Å². The Morgan fingerprint density at radius 3 is 2.35 bits per heavy atom. The van der Waals surface area contributed by atoms with Crippen molar-refractivity contribution in [3.8, 4) is 11.5 Å². The summed E-state index contributed by atoms with van der Waals surface area (Å²) < 4.78 is 5.99. The Hall–Kier alpha value is -2.81. The van der Waals surface area contributed by atoms with Gasteiger partial charge >= 0.3 is 5.97 Å². The molecular weight excluding hydrogens is 548 g/mol. The van der Waals surface area contributed by atoms with Crippen LogP contribution in [-0.2, 0) is 25.5 Å². The summed E-state index contributed by atoms with van der Waals surface area (Å²) in [7, 11) is 0. The Morgan fingerprint density at radius 1 is 1.00 bits per heavy atom. The normalized spacial score (nSPS) is 26.3. The largest absolute Gasteiger partial charge is 0.504 e. The van der Waals surface area contributed by atoms with E-state index in [0.717, 1.165) is 57.8 Å². The first kappa shape index (κ1) is 33.1. The minimum atomic E-state index is -1.45. The van der Waals surface area contributed by atoms with Crippen LogP contribution < -0.4 is 5.32 Å². The van der Waals surface area contributed by atoms with E-state index in [9.17, 15) is 29.7 Å². The van der Waals surface area contributed by atoms with E-state index >= 15 is 0 Å². The van der Waals surface area contributed by atoms with Gasteiger partial charge in [-0.15, -0.1) is 0 Å². The highest BCUT2D eigenvalue weighted by molar-refractivity contribution is 5.92. The van der Waals surface area contributed by atoms with Crippen LogP contribution in [0, 0.1) is 23.2 Å². The summed E-state index contributed by atoms with van der Waals surface area (Å²) in [6, 6.07) is 2.59. The van der Waals surface area contributed by atoms with Crippen molar-refractivity contribution in [1.82, 2.24) is 10.2 Å². The van der Waals surface area contributed by atoms with Crippen molar-refractivity contribution in [1.29, 1.82) is 0 Å². The van der Waals surface area contributed by atoms with E-state index in [4.69, 9.17) is 4.74 Å². The third kappa shape index (κ3) is 8.02. The van der Waals surface area contributed by atoms with Gasteiger partial charge in [0.1, 0.15) is 18.2 Å². The van der Waals surface area contributed by atoms with Crippen LogP contribution in [0.3, 0.4) is 0 Å². The molecule has 4 rings (SSSR count). The lowest BCUT2D eigenvalue weighted by Crippen LogP contribution is -2.59. The maximum Gasteiger partial charge on any atom is 0.329 e. The van der Waals surface area contributed by atoms with Gasteiger partial charge in [0.25, 0.3) is 0 Å². The predicted octanol–water partition coefficient (Wildman–Crippen LogP) is 4.84. The van der Waals surface area contributed by atoms with Crippen LogP contribution in [0.25, 0.3) is 0 Å². The van der Waals surface area contributed by atoms with E-state index < -0.39 is 24.1 Å². The van der Waals surface area contributed by atoms with Crippen LogP contribution in [0.15, 0.2) is 18.2 Å². The van der Waals surface area contributed by atoms with Gasteiger partial charge in [0.15, 0.2) is 11.5 Å². The maximum atomic E-state index is 14.2. The topological polar surface area (TPSA) is 136 Å². The van der Waals surface area contributed by atoms with Crippen molar-refractivity contribution in [2.24, 2.45) is 23.2 Å². The van der Waals surface area contributed by atoms with Gasteiger partial charge in [-0.3, -0.25) is 9.59 Å². The second kappa shape index (κ2) is 14.3. The minimum absolute atomic E-state index is 0.0841. The summed E-state index contributed by atoms with van der Waals surface area (Å²) in [5, 5.41) is 32.9. The molecule has 0 aromatic heterocycles. The number of carbonyl (C=O) groups excluding carboxylic acids is 3. The maximum absolute atomic E-state index is 14.2. The first-order chi connectivity index (χ1) is 20.4. The smallest absolute Gasteiger partial charge is 0.329 e. The number of aliphatic hydroxyl groups is 1. The fraction of sp³-hybridized carbons (Fsp3) is 0.735. The van der Waals surface area contributed by atoms with E-state index in [1.165, 1.54) is 24.6 Å². The molecule has 240 valence electrons. The van der Waals surface area contributed by atoms with Gasteiger partial charge in [-0.05, 0) is 99.2 Å². The molecule has 1 heterocycles. The predicted molar refractivity (Wildman–Crippen MR) is 163 cm³/mol. The number of hydrogen-bond acceptors (Lipinski definition) is 7. The van der Waals surface area contributed by atoms with Gasteiger partial charge < -0.3 is 30.3 Å². The molecule has 2 amide bonds. The molecule has 43 heavy (non-hydrogen) atoms. The number of nitrogens with one attached hydrogen (secondary N) is 1. The summed E-state index contributed by atoms with van der Waals surface area (Å²) >= 11 is 0. The van der Waals surface area contributed by atoms with Crippen LogP contribution in [0.1, 0.15) is 104 Å². The Bertz CT molecular complexity index is 1130. The van der Waals surface area contributed by atoms with E-state index in [0.29, 0.717) is 30.4 Å². The molecule has 3 fully saturated rings. The number of carbonyl (C=O) groups is 3. The van der Waals surface area contributed by atoms with Crippen LogP contribution in [-0.4, -0.2) is 68.8 Å². The molecule has 4 N–H and O–H groups in total. The highest BCUT2D eigenvalue weighted by Gasteiger charge is 2.43. The minimum Gasteiger partial charge on any atom is -0.504 e. The first-order valence-corrected chi connectivity index (χ1v) is 16.4. The quantitative estimate of drug-likeness (QED) is 0.223. The number of piperidine rings is 1. The number of benzene rings is 1.